The summed E-state index contributed by atoms with van der Waals surface area (Å²) in [5.41, 5.74) is 2.89. The normalized spacial score (nSPS) is 23.4. The minimum Gasteiger partial charge on any atom is -0.349 e. The van der Waals surface area contributed by atoms with Crippen molar-refractivity contribution in [1.29, 1.82) is 0 Å². The Kier molecular flexibility index (Phi) is 4.60. The molecule has 4 rings (SSSR count). The van der Waals surface area contributed by atoms with Crippen molar-refractivity contribution in [1.82, 2.24) is 15.1 Å². The van der Waals surface area contributed by atoms with Crippen LogP contribution in [0, 0.1) is 5.92 Å². The third-order valence-corrected chi connectivity index (χ3v) is 5.78. The van der Waals surface area contributed by atoms with Gasteiger partial charge in [-0.1, -0.05) is 31.5 Å². The molecular weight excluding hydrogens is 310 g/mol. The van der Waals surface area contributed by atoms with Crippen LogP contribution in [0.2, 0.25) is 0 Å². The van der Waals surface area contributed by atoms with Gasteiger partial charge in [-0.3, -0.25) is 4.79 Å². The Balaban J connectivity index is 1.52. The average Bonchev–Trinajstić information content (AvgIpc) is 3.40. The Morgan fingerprint density at radius 2 is 1.84 bits per heavy atom. The molecular formula is C21H27N3O. The van der Waals surface area contributed by atoms with E-state index in [4.69, 9.17) is 0 Å². The molecule has 1 aromatic carbocycles. The summed E-state index contributed by atoms with van der Waals surface area (Å²) in [4.78, 5) is 12.9. The van der Waals surface area contributed by atoms with Crippen molar-refractivity contribution in [3.8, 4) is 5.69 Å². The quantitative estimate of drug-likeness (QED) is 0.876. The topological polar surface area (TPSA) is 46.9 Å². The number of para-hydroxylation sites is 1. The van der Waals surface area contributed by atoms with Crippen molar-refractivity contribution in [2.75, 3.05) is 0 Å². The molecule has 1 aromatic heterocycles. The highest BCUT2D eigenvalue weighted by molar-refractivity contribution is 5.95. The summed E-state index contributed by atoms with van der Waals surface area (Å²) in [5.74, 6) is 1.37. The summed E-state index contributed by atoms with van der Waals surface area (Å²) in [6.45, 7) is 2.27. The van der Waals surface area contributed by atoms with E-state index in [-0.39, 0.29) is 5.91 Å². The number of carbonyl (C=O) groups is 1. The van der Waals surface area contributed by atoms with E-state index < -0.39 is 0 Å². The Morgan fingerprint density at radius 1 is 1.12 bits per heavy atom. The molecule has 0 unspecified atom stereocenters. The number of amides is 1. The van der Waals surface area contributed by atoms with Crippen LogP contribution in [-0.4, -0.2) is 21.7 Å². The highest BCUT2D eigenvalue weighted by Crippen LogP contribution is 2.42. The van der Waals surface area contributed by atoms with Crippen LogP contribution in [0.25, 0.3) is 5.69 Å². The molecule has 2 fully saturated rings. The maximum atomic E-state index is 12.9. The molecule has 4 heteroatoms. The van der Waals surface area contributed by atoms with Gasteiger partial charge in [0.15, 0.2) is 0 Å². The molecule has 2 aromatic rings. The monoisotopic (exact) mass is 337 g/mol. The zero-order valence-electron chi connectivity index (χ0n) is 14.9. The van der Waals surface area contributed by atoms with Gasteiger partial charge in [0.1, 0.15) is 0 Å². The van der Waals surface area contributed by atoms with Crippen molar-refractivity contribution in [2.24, 2.45) is 5.92 Å². The van der Waals surface area contributed by atoms with Gasteiger partial charge in [0.2, 0.25) is 0 Å². The van der Waals surface area contributed by atoms with Crippen molar-refractivity contribution < 1.29 is 4.79 Å². The lowest BCUT2D eigenvalue weighted by molar-refractivity contribution is 0.0920. The van der Waals surface area contributed by atoms with Gasteiger partial charge in [-0.15, -0.1) is 0 Å². The molecule has 0 bridgehead atoms. The fraction of sp³-hybridized carbons (Fsp3) is 0.524. The summed E-state index contributed by atoms with van der Waals surface area (Å²) in [6, 6.07) is 10.4. The molecule has 2 aliphatic carbocycles. The molecule has 1 heterocycles. The predicted octanol–water partition coefficient (Wildman–Crippen LogP) is 4.45. The second kappa shape index (κ2) is 7.03. The summed E-state index contributed by atoms with van der Waals surface area (Å²) < 4.78 is 1.96. The van der Waals surface area contributed by atoms with Gasteiger partial charge in [0.25, 0.3) is 5.91 Å². The van der Waals surface area contributed by atoms with Gasteiger partial charge in [0, 0.05) is 12.0 Å². The van der Waals surface area contributed by atoms with E-state index in [9.17, 15) is 4.79 Å². The van der Waals surface area contributed by atoms with Crippen LogP contribution in [0.4, 0.5) is 0 Å². The number of rotatable bonds is 5. The van der Waals surface area contributed by atoms with Crippen LogP contribution >= 0.6 is 0 Å². The second-order valence-corrected chi connectivity index (χ2v) is 7.56. The van der Waals surface area contributed by atoms with E-state index in [2.05, 4.69) is 17.3 Å². The summed E-state index contributed by atoms with van der Waals surface area (Å²) in [6.07, 6.45) is 10.0. The molecule has 132 valence electrons. The minimum atomic E-state index is 0.0593. The third-order valence-electron chi connectivity index (χ3n) is 5.78. The molecule has 0 spiro atoms. The first-order valence-electron chi connectivity index (χ1n) is 9.70. The number of aromatic nitrogens is 2. The molecule has 0 atom stereocenters. The van der Waals surface area contributed by atoms with Crippen LogP contribution in [0.3, 0.4) is 0 Å². The lowest BCUT2D eigenvalue weighted by atomic mass is 9.84. The largest absolute Gasteiger partial charge is 0.349 e. The molecule has 0 saturated heterocycles. The summed E-state index contributed by atoms with van der Waals surface area (Å²) in [7, 11) is 0. The third kappa shape index (κ3) is 3.48. The number of nitrogens with one attached hydrogen (secondary N) is 1. The van der Waals surface area contributed by atoms with E-state index in [1.54, 1.807) is 6.20 Å². The predicted molar refractivity (Wildman–Crippen MR) is 99.0 cm³/mol. The van der Waals surface area contributed by atoms with Crippen molar-refractivity contribution >= 4 is 5.91 Å². The molecule has 1 amide bonds. The van der Waals surface area contributed by atoms with E-state index in [0.29, 0.717) is 12.0 Å². The standard InChI is InChI=1S/C21H27N3O/c1-2-15-8-12-17(13-9-15)23-21(25)19-14-22-24(20(19)16-10-11-16)18-6-4-3-5-7-18/h3-7,14-17H,2,8-13H2,1H3,(H,23,25). The molecule has 1 N–H and O–H groups in total. The van der Waals surface area contributed by atoms with Gasteiger partial charge in [-0.25, -0.2) is 4.68 Å². The Morgan fingerprint density at radius 3 is 2.48 bits per heavy atom. The van der Waals surface area contributed by atoms with E-state index in [1.165, 1.54) is 19.3 Å². The fourth-order valence-electron chi connectivity index (χ4n) is 4.04. The van der Waals surface area contributed by atoms with Crippen LogP contribution < -0.4 is 5.32 Å². The smallest absolute Gasteiger partial charge is 0.255 e. The summed E-state index contributed by atoms with van der Waals surface area (Å²) >= 11 is 0. The highest BCUT2D eigenvalue weighted by atomic mass is 16.1. The number of hydrogen-bond acceptors (Lipinski definition) is 2. The molecule has 0 aliphatic heterocycles. The lowest BCUT2D eigenvalue weighted by Crippen LogP contribution is -2.37. The lowest BCUT2D eigenvalue weighted by Gasteiger charge is -2.28. The fourth-order valence-corrected chi connectivity index (χ4v) is 4.04. The first kappa shape index (κ1) is 16.4. The molecule has 0 radical (unpaired) electrons. The number of nitrogens with zero attached hydrogens (tertiary/aromatic N) is 2. The SMILES string of the molecule is CCC1CCC(NC(=O)c2cnn(-c3ccccc3)c2C2CC2)CC1. The van der Waals surface area contributed by atoms with E-state index >= 15 is 0 Å². The van der Waals surface area contributed by atoms with Gasteiger partial charge >= 0.3 is 0 Å². The van der Waals surface area contributed by atoms with Crippen molar-refractivity contribution in [3.63, 3.8) is 0 Å². The van der Waals surface area contributed by atoms with Crippen LogP contribution in [-0.2, 0) is 0 Å². The molecule has 2 saturated carbocycles. The van der Waals surface area contributed by atoms with Gasteiger partial charge in [-0.2, -0.15) is 5.10 Å². The number of carbonyl (C=O) groups excluding carboxylic acids is 1. The van der Waals surface area contributed by atoms with Crippen LogP contribution in [0.1, 0.15) is 73.8 Å². The van der Waals surface area contributed by atoms with Crippen molar-refractivity contribution in [2.45, 2.75) is 63.8 Å². The average molecular weight is 337 g/mol. The van der Waals surface area contributed by atoms with Gasteiger partial charge in [0.05, 0.1) is 23.1 Å². The number of hydrogen-bond donors (Lipinski definition) is 1. The maximum Gasteiger partial charge on any atom is 0.255 e. The Labute approximate surface area is 149 Å². The highest BCUT2D eigenvalue weighted by Gasteiger charge is 2.33. The van der Waals surface area contributed by atoms with Crippen LogP contribution in [0.15, 0.2) is 36.5 Å². The van der Waals surface area contributed by atoms with Crippen LogP contribution in [0.5, 0.6) is 0 Å². The van der Waals surface area contributed by atoms with Crippen molar-refractivity contribution in [3.05, 3.63) is 47.8 Å². The second-order valence-electron chi connectivity index (χ2n) is 7.56. The zero-order chi connectivity index (χ0) is 17.2. The van der Waals surface area contributed by atoms with E-state index in [1.807, 2.05) is 35.0 Å². The maximum absolute atomic E-state index is 12.9. The first-order chi connectivity index (χ1) is 12.3. The molecule has 2 aliphatic rings. The molecule has 25 heavy (non-hydrogen) atoms. The summed E-state index contributed by atoms with van der Waals surface area (Å²) in [5, 5.41) is 7.82. The Bertz CT molecular complexity index is 725. The minimum absolute atomic E-state index is 0.0593. The number of benzene rings is 1. The van der Waals surface area contributed by atoms with Gasteiger partial charge in [-0.05, 0) is 56.6 Å². The Hall–Kier alpha value is -2.10. The zero-order valence-corrected chi connectivity index (χ0v) is 14.9. The molecule has 4 nitrogen and oxygen atoms in total. The van der Waals surface area contributed by atoms with E-state index in [0.717, 1.165) is 48.5 Å². The van der Waals surface area contributed by atoms with Gasteiger partial charge < -0.3 is 5.32 Å². The first-order valence-corrected chi connectivity index (χ1v) is 9.70.